The Morgan fingerprint density at radius 1 is 1.03 bits per heavy atom. The van der Waals surface area contributed by atoms with Gasteiger partial charge < -0.3 is 24.0 Å². The highest BCUT2D eigenvalue weighted by Gasteiger charge is 2.34. The van der Waals surface area contributed by atoms with E-state index < -0.39 is 0 Å². The van der Waals surface area contributed by atoms with E-state index in [4.69, 9.17) is 14.2 Å². The van der Waals surface area contributed by atoms with Crippen molar-refractivity contribution in [2.75, 3.05) is 47.1 Å². The van der Waals surface area contributed by atoms with Gasteiger partial charge in [0.05, 0.1) is 13.5 Å². The molecule has 2 fully saturated rings. The van der Waals surface area contributed by atoms with E-state index >= 15 is 0 Å². The lowest BCUT2D eigenvalue weighted by Gasteiger charge is -2.43. The number of hydrogen-bond acceptors (Lipinski definition) is 5. The van der Waals surface area contributed by atoms with Crippen LogP contribution in [0.3, 0.4) is 0 Å². The van der Waals surface area contributed by atoms with Crippen molar-refractivity contribution in [2.24, 2.45) is 0 Å². The second kappa shape index (κ2) is 10.6. The highest BCUT2D eigenvalue weighted by Crippen LogP contribution is 2.25. The molecule has 0 bridgehead atoms. The van der Waals surface area contributed by atoms with Gasteiger partial charge in [0.2, 0.25) is 11.8 Å². The van der Waals surface area contributed by atoms with Crippen LogP contribution in [-0.2, 0) is 25.5 Å². The Kier molecular flexibility index (Phi) is 7.89. The predicted octanol–water partition coefficient (Wildman–Crippen LogP) is 1.88. The summed E-state index contributed by atoms with van der Waals surface area (Å²) in [7, 11) is 3.19. The van der Waals surface area contributed by atoms with Crippen LogP contribution in [-0.4, -0.2) is 80.8 Å². The Hall–Kier alpha value is -2.12. The van der Waals surface area contributed by atoms with Crippen LogP contribution in [0.1, 0.15) is 31.2 Å². The third-order valence-corrected chi connectivity index (χ3v) is 5.86. The number of ether oxygens (including phenoxy) is 3. The standard InChI is InChI=1S/C22H32N2O5/c1-27-16-22(26)24(19-9-13-29-14-10-19)18-7-11-23(12-8-18)21(25)15-17-3-5-20(28-2)6-4-17/h3-6,18-19H,7-16H2,1-2H3. The third-order valence-electron chi connectivity index (χ3n) is 5.86. The van der Waals surface area contributed by atoms with E-state index in [1.165, 1.54) is 0 Å². The first-order valence-electron chi connectivity index (χ1n) is 10.4. The van der Waals surface area contributed by atoms with E-state index in [-0.39, 0.29) is 30.5 Å². The number of carbonyl (C=O) groups excluding carboxylic acids is 2. The summed E-state index contributed by atoms with van der Waals surface area (Å²) in [5.74, 6) is 0.966. The summed E-state index contributed by atoms with van der Waals surface area (Å²) in [4.78, 5) is 29.4. The fraction of sp³-hybridized carbons (Fsp3) is 0.636. The van der Waals surface area contributed by atoms with Crippen molar-refractivity contribution < 1.29 is 23.8 Å². The number of methoxy groups -OCH3 is 2. The van der Waals surface area contributed by atoms with Crippen molar-refractivity contribution >= 4 is 11.8 Å². The van der Waals surface area contributed by atoms with Crippen molar-refractivity contribution in [1.82, 2.24) is 9.80 Å². The van der Waals surface area contributed by atoms with Gasteiger partial charge in [-0.3, -0.25) is 9.59 Å². The molecule has 1 aromatic carbocycles. The summed E-state index contributed by atoms with van der Waals surface area (Å²) < 4.78 is 15.7. The van der Waals surface area contributed by atoms with Gasteiger partial charge in [0.15, 0.2) is 0 Å². The van der Waals surface area contributed by atoms with Gasteiger partial charge in [-0.2, -0.15) is 0 Å². The smallest absolute Gasteiger partial charge is 0.249 e. The van der Waals surface area contributed by atoms with Crippen LogP contribution < -0.4 is 4.74 Å². The number of amides is 2. The Bertz CT molecular complexity index is 664. The SMILES string of the molecule is COCC(=O)N(C1CCOCC1)C1CCN(C(=O)Cc2ccc(OC)cc2)CC1. The van der Waals surface area contributed by atoms with E-state index in [0.29, 0.717) is 32.7 Å². The molecule has 29 heavy (non-hydrogen) atoms. The maximum atomic E-state index is 12.7. The molecule has 160 valence electrons. The third kappa shape index (κ3) is 5.70. The molecule has 2 heterocycles. The summed E-state index contributed by atoms with van der Waals surface area (Å²) in [6.45, 7) is 2.86. The summed E-state index contributed by atoms with van der Waals surface area (Å²) in [6, 6.07) is 7.98. The highest BCUT2D eigenvalue weighted by molar-refractivity contribution is 5.79. The number of likely N-dealkylation sites (tertiary alicyclic amines) is 1. The summed E-state index contributed by atoms with van der Waals surface area (Å²) in [5, 5.41) is 0. The van der Waals surface area contributed by atoms with E-state index in [1.54, 1.807) is 14.2 Å². The highest BCUT2D eigenvalue weighted by atomic mass is 16.5. The summed E-state index contributed by atoms with van der Waals surface area (Å²) >= 11 is 0. The molecular formula is C22H32N2O5. The zero-order valence-electron chi connectivity index (χ0n) is 17.5. The minimum atomic E-state index is 0.0439. The van der Waals surface area contributed by atoms with Crippen LogP contribution in [0.5, 0.6) is 5.75 Å². The molecule has 2 amide bonds. The molecule has 2 aliphatic rings. The number of hydrogen-bond donors (Lipinski definition) is 0. The molecule has 0 saturated carbocycles. The van der Waals surface area contributed by atoms with E-state index in [9.17, 15) is 9.59 Å². The minimum absolute atomic E-state index is 0.0439. The fourth-order valence-electron chi connectivity index (χ4n) is 4.29. The van der Waals surface area contributed by atoms with Gasteiger partial charge in [-0.1, -0.05) is 12.1 Å². The van der Waals surface area contributed by atoms with Crippen LogP contribution in [0.15, 0.2) is 24.3 Å². The lowest BCUT2D eigenvalue weighted by Crippen LogP contribution is -2.54. The Morgan fingerprint density at radius 3 is 2.24 bits per heavy atom. The molecule has 0 aromatic heterocycles. The molecule has 0 atom stereocenters. The lowest BCUT2D eigenvalue weighted by molar-refractivity contribution is -0.144. The van der Waals surface area contributed by atoms with E-state index in [1.807, 2.05) is 34.1 Å². The molecule has 3 rings (SSSR count). The zero-order valence-corrected chi connectivity index (χ0v) is 17.5. The van der Waals surface area contributed by atoms with E-state index in [2.05, 4.69) is 0 Å². The van der Waals surface area contributed by atoms with Crippen molar-refractivity contribution in [3.63, 3.8) is 0 Å². The molecule has 2 saturated heterocycles. The van der Waals surface area contributed by atoms with Gasteiger partial charge >= 0.3 is 0 Å². The predicted molar refractivity (Wildman–Crippen MR) is 109 cm³/mol. The van der Waals surface area contributed by atoms with Crippen LogP contribution in [0.25, 0.3) is 0 Å². The first-order valence-corrected chi connectivity index (χ1v) is 10.4. The van der Waals surface area contributed by atoms with Gasteiger partial charge in [-0.05, 0) is 43.4 Å². The monoisotopic (exact) mass is 404 g/mol. The first-order chi connectivity index (χ1) is 14.1. The zero-order chi connectivity index (χ0) is 20.6. The molecule has 0 N–H and O–H groups in total. The van der Waals surface area contributed by atoms with Gasteiger partial charge in [0.25, 0.3) is 0 Å². The topological polar surface area (TPSA) is 68.3 Å². The number of benzene rings is 1. The summed E-state index contributed by atoms with van der Waals surface area (Å²) in [6.07, 6.45) is 3.74. The van der Waals surface area contributed by atoms with Gasteiger partial charge in [0.1, 0.15) is 12.4 Å². The molecule has 2 aliphatic heterocycles. The first kappa shape index (κ1) is 21.6. The average Bonchev–Trinajstić information content (AvgIpc) is 2.76. The fourth-order valence-corrected chi connectivity index (χ4v) is 4.29. The largest absolute Gasteiger partial charge is 0.497 e. The molecule has 0 aliphatic carbocycles. The number of nitrogens with zero attached hydrogens (tertiary/aromatic N) is 2. The van der Waals surface area contributed by atoms with Crippen molar-refractivity contribution in [2.45, 2.75) is 44.2 Å². The Labute approximate surface area is 172 Å². The number of carbonyl (C=O) groups is 2. The maximum Gasteiger partial charge on any atom is 0.249 e. The van der Waals surface area contributed by atoms with Crippen LogP contribution in [0.4, 0.5) is 0 Å². The summed E-state index contributed by atoms with van der Waals surface area (Å²) in [5.41, 5.74) is 0.983. The average molecular weight is 405 g/mol. The van der Waals surface area contributed by atoms with Crippen LogP contribution in [0.2, 0.25) is 0 Å². The molecule has 1 aromatic rings. The Balaban J connectivity index is 1.56. The molecule has 0 spiro atoms. The van der Waals surface area contributed by atoms with Crippen molar-refractivity contribution in [1.29, 1.82) is 0 Å². The van der Waals surface area contributed by atoms with Crippen molar-refractivity contribution in [3.05, 3.63) is 29.8 Å². The molecule has 7 nitrogen and oxygen atoms in total. The second-order valence-electron chi connectivity index (χ2n) is 7.71. The van der Waals surface area contributed by atoms with Crippen molar-refractivity contribution in [3.8, 4) is 5.75 Å². The van der Waals surface area contributed by atoms with Gasteiger partial charge in [-0.25, -0.2) is 0 Å². The molecule has 0 radical (unpaired) electrons. The Morgan fingerprint density at radius 2 is 1.66 bits per heavy atom. The quantitative estimate of drug-likeness (QED) is 0.694. The van der Waals surface area contributed by atoms with E-state index in [0.717, 1.165) is 37.0 Å². The normalized spacial score (nSPS) is 18.5. The van der Waals surface area contributed by atoms with Gasteiger partial charge in [-0.15, -0.1) is 0 Å². The molecular weight excluding hydrogens is 372 g/mol. The number of piperidine rings is 1. The van der Waals surface area contributed by atoms with Crippen LogP contribution >= 0.6 is 0 Å². The second-order valence-corrected chi connectivity index (χ2v) is 7.71. The molecule has 7 heteroatoms. The lowest BCUT2D eigenvalue weighted by atomic mass is 9.97. The minimum Gasteiger partial charge on any atom is -0.497 e. The van der Waals surface area contributed by atoms with Gasteiger partial charge in [0, 0.05) is 45.5 Å². The van der Waals surface area contributed by atoms with Crippen LogP contribution in [0, 0.1) is 0 Å². The molecule has 0 unspecified atom stereocenters. The maximum absolute atomic E-state index is 12.7. The number of rotatable bonds is 7.